The van der Waals surface area contributed by atoms with Crippen LogP contribution in [0.15, 0.2) is 47.0 Å². The Morgan fingerprint density at radius 3 is 2.88 bits per heavy atom. The van der Waals surface area contributed by atoms with E-state index in [-0.39, 0.29) is 30.2 Å². The van der Waals surface area contributed by atoms with E-state index in [1.807, 2.05) is 6.07 Å². The number of aliphatic hydroxyl groups is 1. The molecule has 4 atom stereocenters. The number of fused-ring (bicyclic) bond motifs is 2. The van der Waals surface area contributed by atoms with Crippen LogP contribution in [0.25, 0.3) is 11.0 Å². The minimum atomic E-state index is -2.43. The van der Waals surface area contributed by atoms with Crippen molar-refractivity contribution in [2.45, 2.75) is 36.8 Å². The van der Waals surface area contributed by atoms with Gasteiger partial charge in [-0.25, -0.2) is 0 Å². The van der Waals surface area contributed by atoms with Crippen LogP contribution >= 0.6 is 11.6 Å². The third kappa shape index (κ3) is 3.63. The summed E-state index contributed by atoms with van der Waals surface area (Å²) in [4.78, 5) is 0.201. The zero-order valence-electron chi connectivity index (χ0n) is 17.0. The van der Waals surface area contributed by atoms with Gasteiger partial charge in [0, 0.05) is 29.5 Å². The predicted molar refractivity (Wildman–Crippen MR) is 117 cm³/mol. The lowest BCUT2D eigenvalue weighted by Gasteiger charge is -2.45. The summed E-state index contributed by atoms with van der Waals surface area (Å²) in [5, 5.41) is 26.5. The highest BCUT2D eigenvalue weighted by atomic mass is 35.5. The number of hydrogen-bond acceptors (Lipinski definition) is 9. The van der Waals surface area contributed by atoms with Crippen molar-refractivity contribution in [1.29, 1.82) is 5.26 Å². The highest BCUT2D eigenvalue weighted by molar-refractivity contribution is 7.73. The monoisotopic (exact) mass is 488 g/mol. The number of nitrogens with zero attached hydrogens (tertiary/aromatic N) is 2. The molecule has 5 rings (SSSR count). The van der Waals surface area contributed by atoms with Crippen molar-refractivity contribution in [3.63, 3.8) is 0 Å². The fourth-order valence-electron chi connectivity index (χ4n) is 4.19. The van der Waals surface area contributed by atoms with Crippen molar-refractivity contribution in [1.82, 2.24) is 5.16 Å². The standard InChI is InChI=1S/C22H17ClN2O7S/c23-12-5-6-15-17(9-12)32-25-21(15)30-19-14-3-1-2-4-16(14)31-22(11-24,20(19)26)18-10-13(33(27)28)7-8-29-18/h1-6,9,18-20,26H,7-8,10H2/t18?,19-,20+,22?/m1/s1. The number of halogens is 1. The van der Waals surface area contributed by atoms with E-state index in [2.05, 4.69) is 5.16 Å². The van der Waals surface area contributed by atoms with E-state index in [1.165, 1.54) is 0 Å². The molecule has 2 aliphatic heterocycles. The van der Waals surface area contributed by atoms with E-state index in [1.54, 1.807) is 42.5 Å². The highest BCUT2D eigenvalue weighted by Gasteiger charge is 2.58. The molecule has 3 heterocycles. The van der Waals surface area contributed by atoms with Crippen LogP contribution in [0.1, 0.15) is 24.5 Å². The third-order valence-corrected chi connectivity index (χ3v) is 6.95. The van der Waals surface area contributed by atoms with Gasteiger partial charge in [0.05, 0.1) is 16.9 Å². The van der Waals surface area contributed by atoms with E-state index >= 15 is 0 Å². The predicted octanol–water partition coefficient (Wildman–Crippen LogP) is 2.85. The van der Waals surface area contributed by atoms with Crippen LogP contribution in [0.2, 0.25) is 5.02 Å². The topological polar surface area (TPSA) is 132 Å². The lowest BCUT2D eigenvalue weighted by atomic mass is 9.80. The molecule has 0 saturated carbocycles. The summed E-state index contributed by atoms with van der Waals surface area (Å²) in [7, 11) is -2.43. The van der Waals surface area contributed by atoms with Crippen LogP contribution in [0.3, 0.4) is 0 Å². The van der Waals surface area contributed by atoms with Crippen molar-refractivity contribution >= 4 is 37.7 Å². The van der Waals surface area contributed by atoms with Gasteiger partial charge in [0.1, 0.15) is 17.9 Å². The summed E-state index contributed by atoms with van der Waals surface area (Å²) in [5.41, 5.74) is -1.03. The molecule has 0 radical (unpaired) electrons. The van der Waals surface area contributed by atoms with Gasteiger partial charge >= 0.3 is 0 Å². The molecule has 33 heavy (non-hydrogen) atoms. The smallest absolute Gasteiger partial charge is 0.262 e. The molecule has 170 valence electrons. The quantitative estimate of drug-likeness (QED) is 0.552. The molecule has 2 aromatic carbocycles. The normalized spacial score (nSPS) is 26.8. The van der Waals surface area contributed by atoms with Crippen molar-refractivity contribution < 1.29 is 32.3 Å². The summed E-state index contributed by atoms with van der Waals surface area (Å²) in [6.07, 6.45) is -3.52. The number of para-hydroxylation sites is 1. The lowest BCUT2D eigenvalue weighted by molar-refractivity contribution is -0.159. The Labute approximate surface area is 194 Å². The summed E-state index contributed by atoms with van der Waals surface area (Å²) < 4.78 is 46.2. The summed E-state index contributed by atoms with van der Waals surface area (Å²) >= 11 is 6.01. The molecule has 1 fully saturated rings. The van der Waals surface area contributed by atoms with Gasteiger partial charge in [0.25, 0.3) is 5.88 Å². The summed E-state index contributed by atoms with van der Waals surface area (Å²) in [6.45, 7) is 0.0787. The Bertz CT molecular complexity index is 1410. The van der Waals surface area contributed by atoms with Gasteiger partial charge in [-0.2, -0.15) is 13.7 Å². The zero-order chi connectivity index (χ0) is 23.2. The van der Waals surface area contributed by atoms with Crippen LogP contribution in [0, 0.1) is 11.3 Å². The molecule has 0 amide bonds. The summed E-state index contributed by atoms with van der Waals surface area (Å²) in [6, 6.07) is 13.8. The number of benzene rings is 2. The number of nitriles is 1. The third-order valence-electron chi connectivity index (χ3n) is 5.87. The fraction of sp³-hybridized carbons (Fsp3) is 0.318. The Morgan fingerprint density at radius 2 is 2.09 bits per heavy atom. The van der Waals surface area contributed by atoms with Crippen molar-refractivity contribution in [3.8, 4) is 17.7 Å². The number of hydrogen-bond donors (Lipinski definition) is 1. The fourth-order valence-corrected chi connectivity index (χ4v) is 4.89. The maximum absolute atomic E-state index is 11.5. The largest absolute Gasteiger partial charge is 0.466 e. The number of ether oxygens (including phenoxy) is 3. The van der Waals surface area contributed by atoms with Gasteiger partial charge in [-0.3, -0.25) is 0 Å². The van der Waals surface area contributed by atoms with Crippen molar-refractivity contribution in [3.05, 3.63) is 53.1 Å². The molecule has 0 spiro atoms. The molecule has 0 aliphatic carbocycles. The van der Waals surface area contributed by atoms with Crippen LogP contribution in [0.4, 0.5) is 0 Å². The molecule has 11 heteroatoms. The molecule has 9 nitrogen and oxygen atoms in total. The minimum Gasteiger partial charge on any atom is -0.466 e. The Morgan fingerprint density at radius 1 is 1.27 bits per heavy atom. The van der Waals surface area contributed by atoms with Crippen molar-refractivity contribution in [2.75, 3.05) is 6.61 Å². The maximum Gasteiger partial charge on any atom is 0.262 e. The molecular formula is C22H17ClN2O7S. The van der Waals surface area contributed by atoms with Gasteiger partial charge in [-0.1, -0.05) is 29.8 Å². The molecule has 3 aromatic rings. The van der Waals surface area contributed by atoms with E-state index in [4.69, 9.17) is 30.3 Å². The SMILES string of the molecule is N#CC1(C2CC(=S(=O)=O)CCO2)Oc2ccccc2[C@@H](Oc2noc3cc(Cl)ccc23)[C@@H]1O. The molecule has 0 bridgehead atoms. The average molecular weight is 489 g/mol. The first-order valence-electron chi connectivity index (χ1n) is 10.1. The first-order valence-corrected chi connectivity index (χ1v) is 11.5. The number of rotatable bonds is 3. The van der Waals surface area contributed by atoms with E-state index in [9.17, 15) is 18.8 Å². The second-order valence-corrected chi connectivity index (χ2v) is 9.23. The van der Waals surface area contributed by atoms with Crippen LogP contribution in [0.5, 0.6) is 11.6 Å². The summed E-state index contributed by atoms with van der Waals surface area (Å²) in [5.74, 6) is 0.413. The maximum atomic E-state index is 11.5. The molecular weight excluding hydrogens is 472 g/mol. The van der Waals surface area contributed by atoms with Gasteiger partial charge < -0.3 is 23.8 Å². The van der Waals surface area contributed by atoms with Gasteiger partial charge in [-0.05, 0) is 23.4 Å². The average Bonchev–Trinajstić information content (AvgIpc) is 3.22. The van der Waals surface area contributed by atoms with E-state index < -0.39 is 34.2 Å². The van der Waals surface area contributed by atoms with Crippen LogP contribution < -0.4 is 9.47 Å². The van der Waals surface area contributed by atoms with Crippen LogP contribution in [-0.4, -0.2) is 48.0 Å². The van der Waals surface area contributed by atoms with E-state index in [0.29, 0.717) is 27.3 Å². The van der Waals surface area contributed by atoms with Gasteiger partial charge in [0.15, 0.2) is 17.8 Å². The number of aromatic nitrogens is 1. The van der Waals surface area contributed by atoms with Gasteiger partial charge in [-0.15, -0.1) is 0 Å². The molecule has 1 saturated heterocycles. The Hall–Kier alpha value is -3.10. The Balaban J connectivity index is 1.59. The first kappa shape index (κ1) is 21.7. The molecule has 2 aliphatic rings. The molecule has 2 unspecified atom stereocenters. The molecule has 1 N–H and O–H groups in total. The minimum absolute atomic E-state index is 0.0787. The first-order chi connectivity index (χ1) is 15.9. The van der Waals surface area contributed by atoms with Crippen LogP contribution in [-0.2, 0) is 15.0 Å². The van der Waals surface area contributed by atoms with E-state index in [0.717, 1.165) is 0 Å². The highest BCUT2D eigenvalue weighted by Crippen LogP contribution is 2.45. The zero-order valence-corrected chi connectivity index (χ0v) is 18.5. The lowest BCUT2D eigenvalue weighted by Crippen LogP contribution is -2.62. The second kappa shape index (κ2) is 8.35. The van der Waals surface area contributed by atoms with Crippen molar-refractivity contribution in [2.24, 2.45) is 0 Å². The Kier molecular flexibility index (Phi) is 5.50. The van der Waals surface area contributed by atoms with Gasteiger partial charge in [0.2, 0.25) is 15.9 Å². The second-order valence-electron chi connectivity index (χ2n) is 7.74. The molecule has 1 aromatic heterocycles. The number of aliphatic hydroxyl groups excluding tert-OH is 1.